The lowest BCUT2D eigenvalue weighted by molar-refractivity contribution is 0.205. The predicted octanol–water partition coefficient (Wildman–Crippen LogP) is 2.99. The summed E-state index contributed by atoms with van der Waals surface area (Å²) < 4.78 is 5.68. The number of carbonyl (C=O) groups excluding carboxylic acids is 1. The lowest BCUT2D eigenvalue weighted by Crippen LogP contribution is -2.39. The lowest BCUT2D eigenvalue weighted by Gasteiger charge is -2.16. The van der Waals surface area contributed by atoms with Crippen molar-refractivity contribution in [3.8, 4) is 5.75 Å². The zero-order valence-electron chi connectivity index (χ0n) is 12.4. The Balaban J connectivity index is 1.70. The number of ether oxygens (including phenoxy) is 1. The van der Waals surface area contributed by atoms with Crippen LogP contribution in [0.1, 0.15) is 38.2 Å². The summed E-state index contributed by atoms with van der Waals surface area (Å²) in [7, 11) is 0. The maximum Gasteiger partial charge on any atom is 0.317 e. The Bertz CT molecular complexity index is 440. The molecule has 0 atom stereocenters. The molecule has 4 heteroatoms. The van der Waals surface area contributed by atoms with E-state index < -0.39 is 0 Å². The van der Waals surface area contributed by atoms with Crippen molar-refractivity contribution in [2.45, 2.75) is 32.6 Å². The number of hydrogen-bond donors (Lipinski definition) is 1. The molecular weight excluding hydrogens is 252 g/mol. The highest BCUT2D eigenvalue weighted by atomic mass is 16.5. The molecule has 0 radical (unpaired) electrons. The molecule has 110 valence electrons. The van der Waals surface area contributed by atoms with Crippen molar-refractivity contribution in [1.82, 2.24) is 10.2 Å². The third kappa shape index (κ3) is 4.15. The average molecular weight is 276 g/mol. The summed E-state index contributed by atoms with van der Waals surface area (Å²) in [6.45, 7) is 7.12. The summed E-state index contributed by atoms with van der Waals surface area (Å²) in [5.41, 5.74) is 1.27. The molecule has 0 aliphatic carbocycles. The molecule has 1 aromatic rings. The Hall–Kier alpha value is -1.71. The number of urea groups is 1. The molecule has 1 aromatic carbocycles. The number of nitrogens with one attached hydrogen (secondary N) is 1. The smallest absolute Gasteiger partial charge is 0.317 e. The fourth-order valence-electron chi connectivity index (χ4n) is 2.32. The van der Waals surface area contributed by atoms with Crippen LogP contribution in [0.2, 0.25) is 0 Å². The van der Waals surface area contributed by atoms with Crippen molar-refractivity contribution in [1.29, 1.82) is 0 Å². The summed E-state index contributed by atoms with van der Waals surface area (Å²) in [6, 6.07) is 8.16. The monoisotopic (exact) mass is 276 g/mol. The molecule has 2 amide bonds. The quantitative estimate of drug-likeness (QED) is 0.840. The number of likely N-dealkylation sites (tertiary alicyclic amines) is 1. The molecule has 1 aliphatic heterocycles. The second kappa shape index (κ2) is 7.17. The third-order valence-corrected chi connectivity index (χ3v) is 3.57. The zero-order valence-corrected chi connectivity index (χ0v) is 12.4. The van der Waals surface area contributed by atoms with Crippen LogP contribution in [0.15, 0.2) is 24.3 Å². The van der Waals surface area contributed by atoms with Gasteiger partial charge in [0.25, 0.3) is 0 Å². The van der Waals surface area contributed by atoms with Crippen LogP contribution in [-0.4, -0.2) is 37.2 Å². The van der Waals surface area contributed by atoms with E-state index in [0.29, 0.717) is 19.1 Å². The highest BCUT2D eigenvalue weighted by molar-refractivity contribution is 5.74. The van der Waals surface area contributed by atoms with Gasteiger partial charge in [0.1, 0.15) is 12.4 Å². The first kappa shape index (κ1) is 14.7. The SMILES string of the molecule is CC(C)c1cccc(OCCNC(=O)N2CCCC2)c1. The second-order valence-corrected chi connectivity index (χ2v) is 5.50. The number of amides is 2. The van der Waals surface area contributed by atoms with E-state index in [1.807, 2.05) is 17.0 Å². The molecule has 0 bridgehead atoms. The van der Waals surface area contributed by atoms with Crippen molar-refractivity contribution >= 4 is 6.03 Å². The number of benzene rings is 1. The topological polar surface area (TPSA) is 41.6 Å². The Kier molecular flexibility index (Phi) is 5.27. The highest BCUT2D eigenvalue weighted by Crippen LogP contribution is 2.19. The number of nitrogens with zero attached hydrogens (tertiary/aromatic N) is 1. The first-order chi connectivity index (χ1) is 9.66. The van der Waals surface area contributed by atoms with E-state index in [2.05, 4.69) is 31.3 Å². The van der Waals surface area contributed by atoms with Gasteiger partial charge < -0.3 is 15.0 Å². The molecule has 0 unspecified atom stereocenters. The van der Waals surface area contributed by atoms with Gasteiger partial charge in [-0.25, -0.2) is 4.79 Å². The van der Waals surface area contributed by atoms with Gasteiger partial charge in [-0.1, -0.05) is 26.0 Å². The van der Waals surface area contributed by atoms with Crippen LogP contribution < -0.4 is 10.1 Å². The Morgan fingerprint density at radius 2 is 2.10 bits per heavy atom. The van der Waals surface area contributed by atoms with E-state index in [4.69, 9.17) is 4.74 Å². The minimum atomic E-state index is 0.0297. The third-order valence-electron chi connectivity index (χ3n) is 3.57. The second-order valence-electron chi connectivity index (χ2n) is 5.50. The summed E-state index contributed by atoms with van der Waals surface area (Å²) in [5, 5.41) is 2.89. The molecule has 20 heavy (non-hydrogen) atoms. The van der Waals surface area contributed by atoms with E-state index in [-0.39, 0.29) is 6.03 Å². The van der Waals surface area contributed by atoms with E-state index in [1.165, 1.54) is 5.56 Å². The maximum absolute atomic E-state index is 11.8. The van der Waals surface area contributed by atoms with Crippen LogP contribution in [0.4, 0.5) is 4.79 Å². The highest BCUT2D eigenvalue weighted by Gasteiger charge is 2.16. The van der Waals surface area contributed by atoms with Crippen LogP contribution in [0.5, 0.6) is 5.75 Å². The molecule has 4 nitrogen and oxygen atoms in total. The summed E-state index contributed by atoms with van der Waals surface area (Å²) in [4.78, 5) is 13.6. The van der Waals surface area contributed by atoms with Crippen LogP contribution >= 0.6 is 0 Å². The van der Waals surface area contributed by atoms with E-state index >= 15 is 0 Å². The fourth-order valence-corrected chi connectivity index (χ4v) is 2.32. The minimum Gasteiger partial charge on any atom is -0.492 e. The molecule has 0 aromatic heterocycles. The van der Waals surface area contributed by atoms with Gasteiger partial charge in [0.05, 0.1) is 6.54 Å². The first-order valence-electron chi connectivity index (χ1n) is 7.42. The summed E-state index contributed by atoms with van der Waals surface area (Å²) in [5.74, 6) is 1.36. The van der Waals surface area contributed by atoms with Crippen molar-refractivity contribution in [3.63, 3.8) is 0 Å². The van der Waals surface area contributed by atoms with Gasteiger partial charge in [0.2, 0.25) is 0 Å². The standard InChI is InChI=1S/C16H24N2O2/c1-13(2)14-6-5-7-15(12-14)20-11-8-17-16(19)18-9-3-4-10-18/h5-7,12-13H,3-4,8-11H2,1-2H3,(H,17,19). The molecule has 1 saturated heterocycles. The van der Waals surface area contributed by atoms with E-state index in [9.17, 15) is 4.79 Å². The van der Waals surface area contributed by atoms with Crippen molar-refractivity contribution in [2.24, 2.45) is 0 Å². The summed E-state index contributed by atoms with van der Waals surface area (Å²) >= 11 is 0. The van der Waals surface area contributed by atoms with Crippen molar-refractivity contribution < 1.29 is 9.53 Å². The maximum atomic E-state index is 11.8. The Morgan fingerprint density at radius 1 is 1.35 bits per heavy atom. The molecular formula is C16H24N2O2. The predicted molar refractivity (Wildman–Crippen MR) is 80.2 cm³/mol. The van der Waals surface area contributed by atoms with Gasteiger partial charge in [-0.2, -0.15) is 0 Å². The Labute approximate surface area is 121 Å². The number of hydrogen-bond acceptors (Lipinski definition) is 2. The first-order valence-corrected chi connectivity index (χ1v) is 7.42. The van der Waals surface area contributed by atoms with E-state index in [1.54, 1.807) is 0 Å². The van der Waals surface area contributed by atoms with Gasteiger partial charge in [0, 0.05) is 13.1 Å². The molecule has 0 spiro atoms. The molecule has 1 N–H and O–H groups in total. The normalized spacial score (nSPS) is 14.7. The Morgan fingerprint density at radius 3 is 2.80 bits per heavy atom. The van der Waals surface area contributed by atoms with Gasteiger partial charge in [0.15, 0.2) is 0 Å². The molecule has 1 fully saturated rings. The average Bonchev–Trinajstić information content (AvgIpc) is 2.98. The van der Waals surface area contributed by atoms with Gasteiger partial charge in [-0.05, 0) is 36.5 Å². The van der Waals surface area contributed by atoms with Crippen LogP contribution in [0.25, 0.3) is 0 Å². The largest absolute Gasteiger partial charge is 0.492 e. The lowest BCUT2D eigenvalue weighted by atomic mass is 10.0. The van der Waals surface area contributed by atoms with E-state index in [0.717, 1.165) is 31.7 Å². The zero-order chi connectivity index (χ0) is 14.4. The van der Waals surface area contributed by atoms with Gasteiger partial charge in [-0.3, -0.25) is 0 Å². The molecule has 2 rings (SSSR count). The molecule has 0 saturated carbocycles. The fraction of sp³-hybridized carbons (Fsp3) is 0.562. The van der Waals surface area contributed by atoms with Crippen LogP contribution in [0, 0.1) is 0 Å². The van der Waals surface area contributed by atoms with Crippen LogP contribution in [-0.2, 0) is 0 Å². The molecule has 1 heterocycles. The number of rotatable bonds is 5. The van der Waals surface area contributed by atoms with Crippen LogP contribution in [0.3, 0.4) is 0 Å². The molecule has 1 aliphatic rings. The van der Waals surface area contributed by atoms with Gasteiger partial charge in [-0.15, -0.1) is 0 Å². The minimum absolute atomic E-state index is 0.0297. The van der Waals surface area contributed by atoms with Crippen molar-refractivity contribution in [3.05, 3.63) is 29.8 Å². The number of carbonyl (C=O) groups is 1. The summed E-state index contributed by atoms with van der Waals surface area (Å²) in [6.07, 6.45) is 2.23. The van der Waals surface area contributed by atoms with Crippen molar-refractivity contribution in [2.75, 3.05) is 26.2 Å². The van der Waals surface area contributed by atoms with Gasteiger partial charge >= 0.3 is 6.03 Å².